The lowest BCUT2D eigenvalue weighted by Crippen LogP contribution is -2.37. The molecule has 2 aliphatic rings. The number of methoxy groups -OCH3 is 1. The first kappa shape index (κ1) is 18.0. The van der Waals surface area contributed by atoms with Crippen LogP contribution in [0.3, 0.4) is 0 Å². The van der Waals surface area contributed by atoms with Crippen LogP contribution in [0, 0.1) is 11.8 Å². The van der Waals surface area contributed by atoms with E-state index in [0.29, 0.717) is 11.8 Å². The van der Waals surface area contributed by atoms with Crippen molar-refractivity contribution in [1.82, 2.24) is 30.2 Å². The number of aromatic nitrogens is 6. The predicted octanol–water partition coefficient (Wildman–Crippen LogP) is 3.38. The summed E-state index contributed by atoms with van der Waals surface area (Å²) in [5.74, 6) is 2.20. The SMILES string of the molecule is CO[C@@H]1C[C@H]2CN(c3nccc4[nH]ncc34)C[C@H]2C[C@H]1n1cc(-c2ccsc2)nn1. The van der Waals surface area contributed by atoms with Crippen molar-refractivity contribution in [2.75, 3.05) is 25.1 Å². The smallest absolute Gasteiger partial charge is 0.139 e. The minimum Gasteiger partial charge on any atom is -0.379 e. The maximum absolute atomic E-state index is 5.93. The average molecular weight is 422 g/mol. The van der Waals surface area contributed by atoms with Crippen LogP contribution in [0.1, 0.15) is 18.9 Å². The number of pyridine rings is 1. The zero-order valence-corrected chi connectivity index (χ0v) is 17.5. The third-order valence-corrected chi connectivity index (χ3v) is 7.39. The second-order valence-corrected chi connectivity index (χ2v) is 9.08. The normalized spacial score (nSPS) is 26.4. The number of ether oxygens (including phenoxy) is 1. The van der Waals surface area contributed by atoms with Gasteiger partial charge in [0.15, 0.2) is 0 Å². The fourth-order valence-electron chi connectivity index (χ4n) is 5.18. The zero-order chi connectivity index (χ0) is 20.1. The first-order chi connectivity index (χ1) is 14.8. The van der Waals surface area contributed by atoms with Gasteiger partial charge < -0.3 is 9.64 Å². The number of hydrogen-bond donors (Lipinski definition) is 1. The van der Waals surface area contributed by atoms with E-state index in [4.69, 9.17) is 4.74 Å². The fourth-order valence-corrected chi connectivity index (χ4v) is 5.83. The molecule has 0 aromatic carbocycles. The summed E-state index contributed by atoms with van der Waals surface area (Å²) in [4.78, 5) is 7.09. The lowest BCUT2D eigenvalue weighted by atomic mass is 9.77. The summed E-state index contributed by atoms with van der Waals surface area (Å²) < 4.78 is 7.95. The highest BCUT2D eigenvalue weighted by molar-refractivity contribution is 7.08. The van der Waals surface area contributed by atoms with E-state index in [2.05, 4.69) is 53.4 Å². The van der Waals surface area contributed by atoms with E-state index in [9.17, 15) is 0 Å². The van der Waals surface area contributed by atoms with Crippen LogP contribution < -0.4 is 4.90 Å². The van der Waals surface area contributed by atoms with E-state index in [1.54, 1.807) is 11.3 Å². The number of H-pyrrole nitrogens is 1. The third kappa shape index (κ3) is 2.92. The first-order valence-electron chi connectivity index (χ1n) is 10.3. The maximum Gasteiger partial charge on any atom is 0.139 e. The number of hydrogen-bond acceptors (Lipinski definition) is 7. The monoisotopic (exact) mass is 421 g/mol. The first-order valence-corrected chi connectivity index (χ1v) is 11.2. The van der Waals surface area contributed by atoms with E-state index in [-0.39, 0.29) is 12.1 Å². The number of fused-ring (bicyclic) bond motifs is 2. The van der Waals surface area contributed by atoms with Crippen molar-refractivity contribution < 1.29 is 4.74 Å². The third-order valence-electron chi connectivity index (χ3n) is 6.70. The van der Waals surface area contributed by atoms with Crippen molar-refractivity contribution in [1.29, 1.82) is 0 Å². The standard InChI is InChI=1S/C21H23N7OS/c1-29-20-7-15-10-27(21-16-8-23-24-17(16)2-4-22-21)9-14(15)6-19(20)28-11-18(25-26-28)13-3-5-30-12-13/h2-5,8,11-12,14-15,19-20H,6-7,9-10H2,1H3,(H,23,24)/t14-,15+,19-,20-/m1/s1. The van der Waals surface area contributed by atoms with Gasteiger partial charge in [-0.1, -0.05) is 5.21 Å². The Labute approximate surface area is 177 Å². The molecule has 2 fully saturated rings. The molecule has 1 saturated carbocycles. The van der Waals surface area contributed by atoms with Crippen LogP contribution in [0.25, 0.3) is 22.2 Å². The van der Waals surface area contributed by atoms with Crippen molar-refractivity contribution in [2.45, 2.75) is 25.0 Å². The predicted molar refractivity (Wildman–Crippen MR) is 115 cm³/mol. The Morgan fingerprint density at radius 3 is 2.93 bits per heavy atom. The number of rotatable bonds is 4. The van der Waals surface area contributed by atoms with Crippen LogP contribution in [0.4, 0.5) is 5.82 Å². The minimum atomic E-state index is 0.140. The Hall–Kier alpha value is -2.78. The van der Waals surface area contributed by atoms with Crippen molar-refractivity contribution in [3.8, 4) is 11.3 Å². The molecular weight excluding hydrogens is 398 g/mol. The van der Waals surface area contributed by atoms with Gasteiger partial charge in [-0.25, -0.2) is 9.67 Å². The molecule has 8 nitrogen and oxygen atoms in total. The fraction of sp³-hybridized carbons (Fsp3) is 0.429. The van der Waals surface area contributed by atoms with Crippen LogP contribution in [-0.4, -0.2) is 56.5 Å². The summed E-state index contributed by atoms with van der Waals surface area (Å²) in [6.45, 7) is 2.01. The van der Waals surface area contributed by atoms with Crippen molar-refractivity contribution in [2.24, 2.45) is 11.8 Å². The van der Waals surface area contributed by atoms with Crippen molar-refractivity contribution in [3.05, 3.63) is 41.5 Å². The van der Waals surface area contributed by atoms with Gasteiger partial charge in [0.1, 0.15) is 11.5 Å². The van der Waals surface area contributed by atoms with Crippen molar-refractivity contribution in [3.63, 3.8) is 0 Å². The van der Waals surface area contributed by atoms with Crippen molar-refractivity contribution >= 4 is 28.1 Å². The van der Waals surface area contributed by atoms with Gasteiger partial charge in [-0.2, -0.15) is 16.4 Å². The molecule has 154 valence electrons. The van der Waals surface area contributed by atoms with Crippen LogP contribution in [0.5, 0.6) is 0 Å². The molecule has 30 heavy (non-hydrogen) atoms. The van der Waals surface area contributed by atoms with E-state index >= 15 is 0 Å². The molecule has 9 heteroatoms. The molecule has 0 amide bonds. The van der Waals surface area contributed by atoms with Crippen LogP contribution in [0.2, 0.25) is 0 Å². The van der Waals surface area contributed by atoms with Crippen LogP contribution in [-0.2, 0) is 4.74 Å². The number of anilines is 1. The van der Waals surface area contributed by atoms with E-state index in [1.807, 2.05) is 30.3 Å². The molecule has 0 spiro atoms. The van der Waals surface area contributed by atoms with Gasteiger partial charge in [0, 0.05) is 37.3 Å². The van der Waals surface area contributed by atoms with Crippen LogP contribution >= 0.6 is 11.3 Å². The Morgan fingerprint density at radius 1 is 1.20 bits per heavy atom. The lowest BCUT2D eigenvalue weighted by molar-refractivity contribution is -0.00541. The van der Waals surface area contributed by atoms with Gasteiger partial charge in [0.05, 0.1) is 35.4 Å². The summed E-state index contributed by atoms with van der Waals surface area (Å²) in [5, 5.41) is 21.4. The molecule has 0 unspecified atom stereocenters. The molecule has 0 radical (unpaired) electrons. The summed E-state index contributed by atoms with van der Waals surface area (Å²) in [7, 11) is 1.81. The second-order valence-electron chi connectivity index (χ2n) is 8.30. The molecule has 1 aliphatic carbocycles. The molecule has 6 rings (SSSR count). The summed E-state index contributed by atoms with van der Waals surface area (Å²) in [6, 6.07) is 4.26. The average Bonchev–Trinajstić information content (AvgIpc) is 3.56. The number of aromatic amines is 1. The summed E-state index contributed by atoms with van der Waals surface area (Å²) in [6.07, 6.45) is 8.01. The van der Waals surface area contributed by atoms with E-state index in [1.165, 1.54) is 0 Å². The Bertz CT molecular complexity index is 1150. The largest absolute Gasteiger partial charge is 0.379 e. The maximum atomic E-state index is 5.93. The minimum absolute atomic E-state index is 0.140. The number of thiophene rings is 1. The van der Waals surface area contributed by atoms with Crippen LogP contribution in [0.15, 0.2) is 41.5 Å². The topological polar surface area (TPSA) is 84.8 Å². The molecule has 1 aliphatic heterocycles. The summed E-state index contributed by atoms with van der Waals surface area (Å²) >= 11 is 1.68. The van der Waals surface area contributed by atoms with Gasteiger partial charge in [-0.3, -0.25) is 5.10 Å². The molecule has 4 aromatic rings. The Balaban J connectivity index is 1.26. The van der Waals surface area contributed by atoms with Gasteiger partial charge in [-0.15, -0.1) is 5.10 Å². The highest BCUT2D eigenvalue weighted by Gasteiger charge is 2.44. The Kier molecular flexibility index (Phi) is 4.31. The van der Waals surface area contributed by atoms with Gasteiger partial charge in [0.25, 0.3) is 0 Å². The number of nitrogens with one attached hydrogen (secondary N) is 1. The second kappa shape index (κ2) is 7.17. The molecule has 1 N–H and O–H groups in total. The molecule has 4 atom stereocenters. The highest BCUT2D eigenvalue weighted by Crippen LogP contribution is 2.44. The molecule has 1 saturated heterocycles. The quantitative estimate of drug-likeness (QED) is 0.544. The summed E-state index contributed by atoms with van der Waals surface area (Å²) in [5.41, 5.74) is 3.09. The number of nitrogens with zero attached hydrogens (tertiary/aromatic N) is 6. The Morgan fingerprint density at radius 2 is 2.10 bits per heavy atom. The molecule has 0 bridgehead atoms. The van der Waals surface area contributed by atoms with Gasteiger partial charge >= 0.3 is 0 Å². The molecule has 4 aromatic heterocycles. The van der Waals surface area contributed by atoms with E-state index in [0.717, 1.165) is 53.9 Å². The molecular formula is C21H23N7OS. The van der Waals surface area contributed by atoms with Gasteiger partial charge in [-0.05, 0) is 42.2 Å². The van der Waals surface area contributed by atoms with Gasteiger partial charge in [0.2, 0.25) is 0 Å². The lowest BCUT2D eigenvalue weighted by Gasteiger charge is -2.36. The zero-order valence-electron chi connectivity index (χ0n) is 16.7. The molecule has 5 heterocycles. The highest BCUT2D eigenvalue weighted by atomic mass is 32.1. The van der Waals surface area contributed by atoms with E-state index < -0.39 is 0 Å².